The van der Waals surface area contributed by atoms with E-state index in [2.05, 4.69) is 5.32 Å². The molecule has 1 aromatic carbocycles. The Morgan fingerprint density at radius 3 is 2.96 bits per heavy atom. The number of nitrogens with one attached hydrogen (secondary N) is 1. The summed E-state index contributed by atoms with van der Waals surface area (Å²) in [6.07, 6.45) is 4.60. The van der Waals surface area contributed by atoms with Crippen LogP contribution in [0.4, 0.5) is 5.69 Å². The zero-order valence-corrected chi connectivity index (χ0v) is 14.1. The average Bonchev–Trinajstić information content (AvgIpc) is 3.24. The largest absolute Gasteiger partial charge is 0.465 e. The zero-order valence-electron chi connectivity index (χ0n) is 13.3. The normalized spacial score (nSPS) is 17.4. The van der Waals surface area contributed by atoms with Gasteiger partial charge in [-0.2, -0.15) is 0 Å². The Balaban J connectivity index is 1.66. The fourth-order valence-electron chi connectivity index (χ4n) is 2.46. The number of benzene rings is 1. The molecular weight excluding hydrogens is 324 g/mol. The molecule has 1 atom stereocenters. The van der Waals surface area contributed by atoms with E-state index in [1.165, 1.54) is 6.08 Å². The first-order valence-corrected chi connectivity index (χ1v) is 8.76. The van der Waals surface area contributed by atoms with Crippen LogP contribution in [0, 0.1) is 6.92 Å². The van der Waals surface area contributed by atoms with Crippen molar-refractivity contribution in [3.63, 3.8) is 0 Å². The first-order chi connectivity index (χ1) is 11.6. The number of furan rings is 1. The molecule has 2 heterocycles. The van der Waals surface area contributed by atoms with Gasteiger partial charge in [-0.3, -0.25) is 9.59 Å². The van der Waals surface area contributed by atoms with Crippen LogP contribution < -0.4 is 5.32 Å². The van der Waals surface area contributed by atoms with Crippen molar-refractivity contribution in [2.45, 2.75) is 13.0 Å². The molecule has 0 saturated carbocycles. The van der Waals surface area contributed by atoms with E-state index in [4.69, 9.17) is 4.42 Å². The highest BCUT2D eigenvalue weighted by atomic mass is 32.2. The number of anilines is 1. The van der Waals surface area contributed by atoms with Crippen molar-refractivity contribution >= 4 is 35.3 Å². The molecule has 124 valence electrons. The quantitative estimate of drug-likeness (QED) is 0.867. The molecule has 1 saturated heterocycles. The van der Waals surface area contributed by atoms with Crippen LogP contribution in [-0.4, -0.2) is 34.4 Å². The molecule has 0 radical (unpaired) electrons. The number of nitrogens with zero attached hydrogens (tertiary/aromatic N) is 1. The fourth-order valence-corrected chi connectivity index (χ4v) is 3.62. The first kappa shape index (κ1) is 16.4. The van der Waals surface area contributed by atoms with Gasteiger partial charge < -0.3 is 14.6 Å². The predicted molar refractivity (Wildman–Crippen MR) is 95.5 cm³/mol. The summed E-state index contributed by atoms with van der Waals surface area (Å²) in [7, 11) is 0. The molecule has 0 bridgehead atoms. The van der Waals surface area contributed by atoms with Gasteiger partial charge >= 0.3 is 0 Å². The van der Waals surface area contributed by atoms with E-state index >= 15 is 0 Å². The Kier molecular flexibility index (Phi) is 5.05. The van der Waals surface area contributed by atoms with Crippen molar-refractivity contribution in [2.75, 3.05) is 16.9 Å². The van der Waals surface area contributed by atoms with Crippen LogP contribution in [0.15, 0.2) is 53.2 Å². The third kappa shape index (κ3) is 3.89. The van der Waals surface area contributed by atoms with Gasteiger partial charge in [-0.1, -0.05) is 12.1 Å². The van der Waals surface area contributed by atoms with Crippen LogP contribution in [0.3, 0.4) is 0 Å². The number of amides is 2. The van der Waals surface area contributed by atoms with Gasteiger partial charge in [-0.25, -0.2) is 0 Å². The summed E-state index contributed by atoms with van der Waals surface area (Å²) in [5.41, 5.74) is 1.82. The van der Waals surface area contributed by atoms with Crippen LogP contribution in [-0.2, 0) is 9.59 Å². The number of thioether (sulfide) groups is 1. The molecule has 1 aromatic heterocycles. The van der Waals surface area contributed by atoms with Crippen LogP contribution in [0.2, 0.25) is 0 Å². The maximum absolute atomic E-state index is 12.5. The molecule has 0 aliphatic carbocycles. The van der Waals surface area contributed by atoms with Crippen molar-refractivity contribution < 1.29 is 14.0 Å². The highest BCUT2D eigenvalue weighted by molar-refractivity contribution is 7.99. The van der Waals surface area contributed by atoms with Crippen LogP contribution >= 0.6 is 11.8 Å². The zero-order chi connectivity index (χ0) is 16.9. The molecule has 1 aliphatic rings. The molecule has 1 fully saturated rings. The lowest BCUT2D eigenvalue weighted by atomic mass is 10.2. The van der Waals surface area contributed by atoms with Crippen molar-refractivity contribution in [3.8, 4) is 0 Å². The Hall–Kier alpha value is -2.47. The number of aryl methyl sites for hydroxylation is 1. The second kappa shape index (κ2) is 7.40. The maximum atomic E-state index is 12.5. The molecule has 1 unspecified atom stereocenters. The molecule has 2 amide bonds. The Bertz CT molecular complexity index is 755. The molecule has 1 aliphatic heterocycles. The third-order valence-electron chi connectivity index (χ3n) is 3.69. The molecular formula is C18H18N2O3S. The monoisotopic (exact) mass is 342 g/mol. The standard InChI is InChI=1S/C18H18N2O3S/c1-13-4-2-5-14(10-13)19-18(22)16-11-24-12-20(16)17(21)8-7-15-6-3-9-23-15/h2-10,16H,11-12H2,1H3,(H,19,22)/b8-7+. The summed E-state index contributed by atoms with van der Waals surface area (Å²) < 4.78 is 5.17. The van der Waals surface area contributed by atoms with E-state index in [0.717, 1.165) is 11.3 Å². The van der Waals surface area contributed by atoms with E-state index in [1.54, 1.807) is 41.1 Å². The van der Waals surface area contributed by atoms with Gasteiger partial charge in [0.2, 0.25) is 11.8 Å². The number of hydrogen-bond donors (Lipinski definition) is 1. The Morgan fingerprint density at radius 1 is 1.33 bits per heavy atom. The number of rotatable bonds is 4. The lowest BCUT2D eigenvalue weighted by Gasteiger charge is -2.21. The van der Waals surface area contributed by atoms with Gasteiger partial charge in [-0.15, -0.1) is 11.8 Å². The molecule has 24 heavy (non-hydrogen) atoms. The SMILES string of the molecule is Cc1cccc(NC(=O)C2CSCN2C(=O)/C=C/c2ccco2)c1. The summed E-state index contributed by atoms with van der Waals surface area (Å²) in [5.74, 6) is 1.35. The Morgan fingerprint density at radius 2 is 2.21 bits per heavy atom. The minimum Gasteiger partial charge on any atom is -0.465 e. The van der Waals surface area contributed by atoms with Crippen molar-refractivity contribution in [2.24, 2.45) is 0 Å². The smallest absolute Gasteiger partial charge is 0.248 e. The van der Waals surface area contributed by atoms with E-state index < -0.39 is 6.04 Å². The minimum atomic E-state index is -0.468. The lowest BCUT2D eigenvalue weighted by Crippen LogP contribution is -2.43. The van der Waals surface area contributed by atoms with Crippen LogP contribution in [0.1, 0.15) is 11.3 Å². The second-order valence-electron chi connectivity index (χ2n) is 5.53. The van der Waals surface area contributed by atoms with E-state index in [9.17, 15) is 9.59 Å². The summed E-state index contributed by atoms with van der Waals surface area (Å²) in [6, 6.07) is 10.7. The summed E-state index contributed by atoms with van der Waals surface area (Å²) in [6.45, 7) is 1.97. The summed E-state index contributed by atoms with van der Waals surface area (Å²) in [4.78, 5) is 26.5. The second-order valence-corrected chi connectivity index (χ2v) is 6.53. The first-order valence-electron chi connectivity index (χ1n) is 7.61. The molecule has 1 N–H and O–H groups in total. The minimum absolute atomic E-state index is 0.162. The van der Waals surface area contributed by atoms with E-state index in [-0.39, 0.29) is 11.8 Å². The van der Waals surface area contributed by atoms with Gasteiger partial charge in [-0.05, 0) is 42.8 Å². The topological polar surface area (TPSA) is 62.6 Å². The molecule has 6 heteroatoms. The number of carbonyl (C=O) groups is 2. The molecule has 3 rings (SSSR count). The molecule has 5 nitrogen and oxygen atoms in total. The maximum Gasteiger partial charge on any atom is 0.248 e. The predicted octanol–water partition coefficient (Wildman–Crippen LogP) is 3.14. The summed E-state index contributed by atoms with van der Waals surface area (Å²) in [5, 5.41) is 2.89. The fraction of sp³-hybridized carbons (Fsp3) is 0.222. The summed E-state index contributed by atoms with van der Waals surface area (Å²) >= 11 is 1.57. The number of hydrogen-bond acceptors (Lipinski definition) is 4. The van der Waals surface area contributed by atoms with Crippen molar-refractivity contribution in [3.05, 3.63) is 60.1 Å². The third-order valence-corrected chi connectivity index (χ3v) is 4.70. The van der Waals surface area contributed by atoms with Crippen molar-refractivity contribution in [1.29, 1.82) is 0 Å². The molecule has 2 aromatic rings. The van der Waals surface area contributed by atoms with Crippen LogP contribution in [0.5, 0.6) is 0 Å². The van der Waals surface area contributed by atoms with Crippen LogP contribution in [0.25, 0.3) is 6.08 Å². The van der Waals surface area contributed by atoms with Crippen molar-refractivity contribution in [1.82, 2.24) is 4.90 Å². The highest BCUT2D eigenvalue weighted by Crippen LogP contribution is 2.23. The molecule has 0 spiro atoms. The van der Waals surface area contributed by atoms with Gasteiger partial charge in [0.25, 0.3) is 0 Å². The Labute approximate surface area is 144 Å². The van der Waals surface area contributed by atoms with E-state index in [0.29, 0.717) is 17.4 Å². The highest BCUT2D eigenvalue weighted by Gasteiger charge is 2.33. The van der Waals surface area contributed by atoms with Gasteiger partial charge in [0, 0.05) is 17.5 Å². The van der Waals surface area contributed by atoms with Gasteiger partial charge in [0.15, 0.2) is 0 Å². The average molecular weight is 342 g/mol. The van der Waals surface area contributed by atoms with Gasteiger partial charge in [0.05, 0.1) is 12.1 Å². The van der Waals surface area contributed by atoms with Gasteiger partial charge in [0.1, 0.15) is 11.8 Å². The lowest BCUT2D eigenvalue weighted by molar-refractivity contribution is -0.132. The van der Waals surface area contributed by atoms with E-state index in [1.807, 2.05) is 31.2 Å². The number of carbonyl (C=O) groups excluding carboxylic acids is 2.